The standard InChI is InChI=1S/C50H28N2/c1-2-12-29(13-3-1)30-22-23-32-31(26-30)27-40-45-35(32)16-10-19-38(45)48-47(42-20-6-8-24-51-42)41-28-39-34-15-5-4-14-33(34)36-17-11-18-37(44(36)39)46(41)50(49(40)48)43-21-7-9-25-52-43/h1-28H. The lowest BCUT2D eigenvalue weighted by Gasteiger charge is -2.18. The molecule has 2 heterocycles. The lowest BCUT2D eigenvalue weighted by Crippen LogP contribution is -1.93. The van der Waals surface area contributed by atoms with Gasteiger partial charge in [-0.1, -0.05) is 115 Å². The zero-order valence-corrected chi connectivity index (χ0v) is 28.1. The van der Waals surface area contributed by atoms with Gasteiger partial charge in [-0.05, 0) is 124 Å². The van der Waals surface area contributed by atoms with Gasteiger partial charge in [0.2, 0.25) is 0 Å². The van der Waals surface area contributed by atoms with Crippen LogP contribution in [-0.4, -0.2) is 9.97 Å². The topological polar surface area (TPSA) is 25.8 Å². The predicted molar refractivity (Wildman–Crippen MR) is 221 cm³/mol. The molecule has 0 saturated heterocycles. The molecule has 12 aromatic rings. The Balaban J connectivity index is 1.39. The highest BCUT2D eigenvalue weighted by atomic mass is 14.7. The first-order valence-electron chi connectivity index (χ1n) is 17.9. The molecule has 0 fully saturated rings. The van der Waals surface area contributed by atoms with Crippen LogP contribution in [0, 0.1) is 0 Å². The highest BCUT2D eigenvalue weighted by molar-refractivity contribution is 6.45. The van der Waals surface area contributed by atoms with Crippen LogP contribution in [0.1, 0.15) is 0 Å². The van der Waals surface area contributed by atoms with Gasteiger partial charge in [0.05, 0.1) is 11.4 Å². The van der Waals surface area contributed by atoms with Gasteiger partial charge in [0.1, 0.15) is 0 Å². The Morgan fingerprint density at radius 3 is 1.58 bits per heavy atom. The molecule has 2 aromatic heterocycles. The van der Waals surface area contributed by atoms with Crippen molar-refractivity contribution in [3.8, 4) is 33.6 Å². The van der Waals surface area contributed by atoms with Gasteiger partial charge in [-0.25, -0.2) is 0 Å². The first-order chi connectivity index (χ1) is 25.8. The Morgan fingerprint density at radius 2 is 0.846 bits per heavy atom. The van der Waals surface area contributed by atoms with Crippen molar-refractivity contribution in [1.82, 2.24) is 9.97 Å². The number of nitrogens with zero attached hydrogens (tertiary/aromatic N) is 2. The Labute approximate surface area is 298 Å². The Hall–Kier alpha value is -6.90. The van der Waals surface area contributed by atoms with E-state index in [4.69, 9.17) is 9.97 Å². The van der Waals surface area contributed by atoms with Gasteiger partial charge >= 0.3 is 0 Å². The molecule has 0 N–H and O–H groups in total. The summed E-state index contributed by atoms with van der Waals surface area (Å²) in [6, 6.07) is 57.7. The fourth-order valence-corrected chi connectivity index (χ4v) is 9.37. The summed E-state index contributed by atoms with van der Waals surface area (Å²) in [6.07, 6.45) is 3.86. The van der Waals surface area contributed by atoms with Crippen LogP contribution < -0.4 is 0 Å². The summed E-state index contributed by atoms with van der Waals surface area (Å²) < 4.78 is 0. The Bertz CT molecular complexity index is 3370. The van der Waals surface area contributed by atoms with E-state index in [1.165, 1.54) is 108 Å². The highest BCUT2D eigenvalue weighted by Gasteiger charge is 2.27. The minimum atomic E-state index is 0.978. The van der Waals surface area contributed by atoms with E-state index in [0.29, 0.717) is 0 Å². The van der Waals surface area contributed by atoms with E-state index in [1.807, 2.05) is 24.5 Å². The Kier molecular flexibility index (Phi) is 5.53. The second-order valence-electron chi connectivity index (χ2n) is 14.0. The van der Waals surface area contributed by atoms with Gasteiger partial charge in [-0.2, -0.15) is 0 Å². The third kappa shape index (κ3) is 3.63. The number of fused-ring (bicyclic) bond motifs is 10. The summed E-state index contributed by atoms with van der Waals surface area (Å²) in [7, 11) is 0. The predicted octanol–water partition coefficient (Wildman–Crippen LogP) is 13.6. The smallest absolute Gasteiger partial charge is 0.0714 e. The third-order valence-electron chi connectivity index (χ3n) is 11.4. The fourth-order valence-electron chi connectivity index (χ4n) is 9.37. The number of hydrogen-bond donors (Lipinski definition) is 0. The molecule has 12 rings (SSSR count). The van der Waals surface area contributed by atoms with E-state index in [9.17, 15) is 0 Å². The fraction of sp³-hybridized carbons (Fsp3) is 0. The lowest BCUT2D eigenvalue weighted by molar-refractivity contribution is 1.33. The number of pyridine rings is 2. The van der Waals surface area contributed by atoms with Gasteiger partial charge < -0.3 is 0 Å². The highest BCUT2D eigenvalue weighted by Crippen LogP contribution is 2.54. The molecule has 0 spiro atoms. The Morgan fingerprint density at radius 1 is 0.269 bits per heavy atom. The summed E-state index contributed by atoms with van der Waals surface area (Å²) in [4.78, 5) is 10.2. The number of rotatable bonds is 3. The summed E-state index contributed by atoms with van der Waals surface area (Å²) in [5.74, 6) is 0. The van der Waals surface area contributed by atoms with E-state index < -0.39 is 0 Å². The van der Waals surface area contributed by atoms with Crippen LogP contribution in [0.15, 0.2) is 170 Å². The second kappa shape index (κ2) is 10.3. The van der Waals surface area contributed by atoms with E-state index in [2.05, 4.69) is 146 Å². The lowest BCUT2D eigenvalue weighted by atomic mass is 9.86. The molecule has 238 valence electrons. The second-order valence-corrected chi connectivity index (χ2v) is 14.0. The number of hydrogen-bond acceptors (Lipinski definition) is 2. The molecule has 0 radical (unpaired) electrons. The van der Waals surface area contributed by atoms with Crippen LogP contribution in [-0.2, 0) is 0 Å². The maximum atomic E-state index is 5.11. The average Bonchev–Trinajstić information content (AvgIpc) is 3.72. The van der Waals surface area contributed by atoms with Gasteiger partial charge in [-0.15, -0.1) is 0 Å². The zero-order chi connectivity index (χ0) is 33.9. The molecule has 2 nitrogen and oxygen atoms in total. The maximum Gasteiger partial charge on any atom is 0.0714 e. The zero-order valence-electron chi connectivity index (χ0n) is 28.1. The molecule has 52 heavy (non-hydrogen) atoms. The SMILES string of the molecule is c1ccc(-c2ccc3c(c2)cc2c4c(-c5ccccn5)c5c(cc6c7ccccc7c7cccc5c76)c(-c5ccccn5)c4c4cccc3c42)cc1. The van der Waals surface area contributed by atoms with Crippen molar-refractivity contribution in [2.24, 2.45) is 0 Å². The van der Waals surface area contributed by atoms with Crippen molar-refractivity contribution in [2.45, 2.75) is 0 Å². The van der Waals surface area contributed by atoms with Gasteiger partial charge in [-0.3, -0.25) is 9.97 Å². The van der Waals surface area contributed by atoms with Crippen molar-refractivity contribution in [3.05, 3.63) is 170 Å². The molecule has 0 bridgehead atoms. The van der Waals surface area contributed by atoms with E-state index >= 15 is 0 Å². The molecule has 10 aromatic carbocycles. The first-order valence-corrected chi connectivity index (χ1v) is 17.9. The average molecular weight is 657 g/mol. The summed E-state index contributed by atoms with van der Waals surface area (Å²) in [5, 5.41) is 20.2. The molecule has 0 aliphatic heterocycles. The van der Waals surface area contributed by atoms with Crippen molar-refractivity contribution >= 4 is 86.2 Å². The molecule has 0 unspecified atom stereocenters. The van der Waals surface area contributed by atoms with Gasteiger partial charge in [0, 0.05) is 39.7 Å². The van der Waals surface area contributed by atoms with Crippen LogP contribution in [0.4, 0.5) is 0 Å². The summed E-state index contributed by atoms with van der Waals surface area (Å²) in [5.41, 5.74) is 6.75. The van der Waals surface area contributed by atoms with Crippen molar-refractivity contribution < 1.29 is 0 Å². The van der Waals surface area contributed by atoms with Gasteiger partial charge in [0.15, 0.2) is 0 Å². The van der Waals surface area contributed by atoms with Crippen LogP contribution in [0.2, 0.25) is 0 Å². The monoisotopic (exact) mass is 656 g/mol. The van der Waals surface area contributed by atoms with E-state index in [1.54, 1.807) is 0 Å². The van der Waals surface area contributed by atoms with Crippen molar-refractivity contribution in [3.63, 3.8) is 0 Å². The summed E-state index contributed by atoms with van der Waals surface area (Å²) >= 11 is 0. The first kappa shape index (κ1) is 27.9. The van der Waals surface area contributed by atoms with Gasteiger partial charge in [0.25, 0.3) is 0 Å². The van der Waals surface area contributed by atoms with E-state index in [-0.39, 0.29) is 0 Å². The molecule has 0 aliphatic carbocycles. The summed E-state index contributed by atoms with van der Waals surface area (Å²) in [6.45, 7) is 0. The normalized spacial score (nSPS) is 12.2. The minimum Gasteiger partial charge on any atom is -0.256 e. The molecule has 0 aliphatic rings. The number of benzene rings is 8. The third-order valence-corrected chi connectivity index (χ3v) is 11.4. The molecule has 0 atom stereocenters. The molecule has 2 heteroatoms. The van der Waals surface area contributed by atoms with Crippen LogP contribution >= 0.6 is 0 Å². The molecular formula is C50H28N2. The van der Waals surface area contributed by atoms with Crippen LogP contribution in [0.3, 0.4) is 0 Å². The van der Waals surface area contributed by atoms with Crippen molar-refractivity contribution in [1.29, 1.82) is 0 Å². The van der Waals surface area contributed by atoms with Crippen LogP contribution in [0.25, 0.3) is 120 Å². The van der Waals surface area contributed by atoms with Crippen LogP contribution in [0.5, 0.6) is 0 Å². The van der Waals surface area contributed by atoms with Crippen molar-refractivity contribution in [2.75, 3.05) is 0 Å². The van der Waals surface area contributed by atoms with E-state index in [0.717, 1.165) is 11.4 Å². The minimum absolute atomic E-state index is 0.978. The molecule has 0 saturated carbocycles. The quantitative estimate of drug-likeness (QED) is 0.177. The largest absolute Gasteiger partial charge is 0.256 e. The maximum absolute atomic E-state index is 5.11. The molecular weight excluding hydrogens is 629 g/mol. The number of aromatic nitrogens is 2. The molecule has 0 amide bonds.